The topological polar surface area (TPSA) is 69.7 Å². The molecule has 1 N–H and O–H groups in total. The molecule has 0 unspecified atom stereocenters. The van der Waals surface area contributed by atoms with Crippen LogP contribution in [0.3, 0.4) is 0 Å². The number of ether oxygens (including phenoxy) is 3. The highest BCUT2D eigenvalue weighted by molar-refractivity contribution is 7.13. The van der Waals surface area contributed by atoms with Gasteiger partial charge in [-0.15, -0.1) is 11.3 Å². The average molecular weight is 398 g/mol. The minimum Gasteiger partial charge on any atom is -0.493 e. The molecule has 0 bridgehead atoms. The molecule has 1 heterocycles. The van der Waals surface area contributed by atoms with Crippen molar-refractivity contribution in [3.63, 3.8) is 0 Å². The molecule has 0 radical (unpaired) electrons. The number of hydrogen-bond acceptors (Lipinski definition) is 6. The number of aromatic nitrogens is 1. The Labute approximate surface area is 168 Å². The summed E-state index contributed by atoms with van der Waals surface area (Å²) in [5.74, 6) is 1.20. The van der Waals surface area contributed by atoms with E-state index in [1.807, 2.05) is 47.8 Å². The van der Waals surface area contributed by atoms with Crippen LogP contribution in [-0.4, -0.2) is 32.2 Å². The van der Waals surface area contributed by atoms with Crippen molar-refractivity contribution in [2.24, 2.45) is 0 Å². The molecule has 2 aromatic carbocycles. The molecular weight excluding hydrogens is 376 g/mol. The van der Waals surface area contributed by atoms with E-state index in [0.717, 1.165) is 27.5 Å². The number of amides is 1. The molecule has 0 aliphatic rings. The van der Waals surface area contributed by atoms with Gasteiger partial charge in [0.25, 0.3) is 0 Å². The van der Waals surface area contributed by atoms with Crippen molar-refractivity contribution in [1.82, 2.24) is 4.98 Å². The summed E-state index contributed by atoms with van der Waals surface area (Å²) in [7, 11) is 4.84. The molecular formula is C21H22N2O4S. The van der Waals surface area contributed by atoms with Crippen LogP contribution < -0.4 is 14.8 Å². The molecule has 1 amide bonds. The lowest BCUT2D eigenvalue weighted by molar-refractivity contribution is -0.115. The monoisotopic (exact) mass is 398 g/mol. The predicted octanol–water partition coefficient (Wildman–Crippen LogP) is 4.15. The van der Waals surface area contributed by atoms with E-state index < -0.39 is 0 Å². The van der Waals surface area contributed by atoms with Gasteiger partial charge in [0.05, 0.1) is 32.9 Å². The maximum atomic E-state index is 12.4. The van der Waals surface area contributed by atoms with Crippen LogP contribution >= 0.6 is 11.3 Å². The van der Waals surface area contributed by atoms with Crippen LogP contribution in [0.15, 0.2) is 47.8 Å². The van der Waals surface area contributed by atoms with Crippen LogP contribution in [0.5, 0.6) is 11.5 Å². The number of carbonyl (C=O) groups excluding carboxylic acids is 1. The summed E-state index contributed by atoms with van der Waals surface area (Å²) in [6, 6.07) is 13.2. The number of rotatable bonds is 8. The lowest BCUT2D eigenvalue weighted by atomic mass is 10.2. The third kappa shape index (κ3) is 4.88. The lowest BCUT2D eigenvalue weighted by Crippen LogP contribution is -2.14. The van der Waals surface area contributed by atoms with E-state index in [4.69, 9.17) is 14.2 Å². The Balaban J connectivity index is 1.67. The van der Waals surface area contributed by atoms with Gasteiger partial charge in [-0.05, 0) is 35.9 Å². The molecule has 0 saturated heterocycles. The van der Waals surface area contributed by atoms with Gasteiger partial charge in [0.1, 0.15) is 5.01 Å². The van der Waals surface area contributed by atoms with Crippen LogP contribution in [0.4, 0.5) is 5.69 Å². The largest absolute Gasteiger partial charge is 0.493 e. The smallest absolute Gasteiger partial charge is 0.230 e. The lowest BCUT2D eigenvalue weighted by Gasteiger charge is -2.08. The van der Waals surface area contributed by atoms with E-state index in [2.05, 4.69) is 10.3 Å². The van der Waals surface area contributed by atoms with Gasteiger partial charge in [-0.25, -0.2) is 4.98 Å². The fourth-order valence-electron chi connectivity index (χ4n) is 2.77. The standard InChI is InChI=1S/C21H22N2O4S/c1-25-12-14-5-4-6-16(9-14)22-20(24)11-17-13-28-21(23-17)15-7-8-18(26-2)19(10-15)27-3/h4-10,13H,11-12H2,1-3H3,(H,22,24). The number of methoxy groups -OCH3 is 3. The first-order valence-electron chi connectivity index (χ1n) is 8.67. The first-order valence-corrected chi connectivity index (χ1v) is 9.55. The van der Waals surface area contributed by atoms with E-state index in [1.54, 1.807) is 21.3 Å². The fourth-order valence-corrected chi connectivity index (χ4v) is 3.58. The molecule has 1 aromatic heterocycles. The summed E-state index contributed by atoms with van der Waals surface area (Å²) in [6.07, 6.45) is 0.207. The zero-order valence-corrected chi connectivity index (χ0v) is 16.8. The minimum absolute atomic E-state index is 0.112. The number of benzene rings is 2. The normalized spacial score (nSPS) is 10.5. The number of thiazole rings is 1. The summed E-state index contributed by atoms with van der Waals surface area (Å²) in [6.45, 7) is 0.504. The molecule has 0 saturated carbocycles. The first-order chi connectivity index (χ1) is 13.6. The number of nitrogens with zero attached hydrogens (tertiary/aromatic N) is 1. The van der Waals surface area contributed by atoms with Crippen molar-refractivity contribution in [1.29, 1.82) is 0 Å². The van der Waals surface area contributed by atoms with Crippen molar-refractivity contribution < 1.29 is 19.0 Å². The van der Waals surface area contributed by atoms with Gasteiger partial charge >= 0.3 is 0 Å². The van der Waals surface area contributed by atoms with Gasteiger partial charge in [0.15, 0.2) is 11.5 Å². The van der Waals surface area contributed by atoms with Crippen LogP contribution in [0.25, 0.3) is 10.6 Å². The van der Waals surface area contributed by atoms with E-state index in [9.17, 15) is 4.79 Å². The van der Waals surface area contributed by atoms with Crippen molar-refractivity contribution in [2.75, 3.05) is 26.6 Å². The second-order valence-corrected chi connectivity index (χ2v) is 6.93. The SMILES string of the molecule is COCc1cccc(NC(=O)Cc2csc(-c3ccc(OC)c(OC)c3)n2)c1. The third-order valence-electron chi connectivity index (χ3n) is 4.05. The van der Waals surface area contributed by atoms with Crippen molar-refractivity contribution in [3.05, 3.63) is 59.1 Å². The Morgan fingerprint density at radius 2 is 1.89 bits per heavy atom. The maximum absolute atomic E-state index is 12.4. The van der Waals surface area contributed by atoms with Crippen LogP contribution in [0.2, 0.25) is 0 Å². The summed E-state index contributed by atoms with van der Waals surface area (Å²) >= 11 is 1.49. The molecule has 0 fully saturated rings. The first kappa shape index (κ1) is 19.9. The third-order valence-corrected chi connectivity index (χ3v) is 4.99. The second-order valence-electron chi connectivity index (χ2n) is 6.07. The molecule has 3 rings (SSSR count). The Morgan fingerprint density at radius 1 is 1.07 bits per heavy atom. The average Bonchev–Trinajstić information content (AvgIpc) is 3.16. The molecule has 28 heavy (non-hydrogen) atoms. The molecule has 7 heteroatoms. The number of nitrogens with one attached hydrogen (secondary N) is 1. The highest BCUT2D eigenvalue weighted by Crippen LogP contribution is 2.33. The Hall–Kier alpha value is -2.90. The van der Waals surface area contributed by atoms with Crippen molar-refractivity contribution in [2.45, 2.75) is 13.0 Å². The van der Waals surface area contributed by atoms with Gasteiger partial charge < -0.3 is 19.5 Å². The number of carbonyl (C=O) groups is 1. The maximum Gasteiger partial charge on any atom is 0.230 e. The zero-order valence-electron chi connectivity index (χ0n) is 16.0. The molecule has 3 aromatic rings. The van der Waals surface area contributed by atoms with Crippen LogP contribution in [0, 0.1) is 0 Å². The summed E-state index contributed by atoms with van der Waals surface area (Å²) in [4.78, 5) is 16.9. The van der Waals surface area contributed by atoms with Crippen molar-refractivity contribution >= 4 is 22.9 Å². The summed E-state index contributed by atoms with van der Waals surface area (Å²) < 4.78 is 15.7. The van der Waals surface area contributed by atoms with Crippen molar-refractivity contribution in [3.8, 4) is 22.1 Å². The fraction of sp³-hybridized carbons (Fsp3) is 0.238. The zero-order chi connectivity index (χ0) is 19.9. The van der Waals surface area contributed by atoms with Gasteiger partial charge in [-0.3, -0.25) is 4.79 Å². The Kier molecular flexibility index (Phi) is 6.62. The molecule has 0 aliphatic carbocycles. The number of hydrogen-bond donors (Lipinski definition) is 1. The second kappa shape index (κ2) is 9.34. The predicted molar refractivity (Wildman–Crippen MR) is 110 cm³/mol. The van der Waals surface area contributed by atoms with E-state index in [1.165, 1.54) is 11.3 Å². The molecule has 0 aliphatic heterocycles. The minimum atomic E-state index is -0.112. The Bertz CT molecular complexity index is 955. The van der Waals surface area contributed by atoms with E-state index in [0.29, 0.717) is 18.1 Å². The van der Waals surface area contributed by atoms with Gasteiger partial charge in [0.2, 0.25) is 5.91 Å². The highest BCUT2D eigenvalue weighted by atomic mass is 32.1. The molecule has 0 atom stereocenters. The van der Waals surface area contributed by atoms with Crippen LogP contribution in [0.1, 0.15) is 11.3 Å². The van der Waals surface area contributed by atoms with Gasteiger partial charge in [-0.1, -0.05) is 12.1 Å². The number of anilines is 1. The van der Waals surface area contributed by atoms with Gasteiger partial charge in [-0.2, -0.15) is 0 Å². The Morgan fingerprint density at radius 3 is 2.64 bits per heavy atom. The van der Waals surface area contributed by atoms with Gasteiger partial charge in [0, 0.05) is 23.7 Å². The van der Waals surface area contributed by atoms with E-state index >= 15 is 0 Å². The van der Waals surface area contributed by atoms with E-state index in [-0.39, 0.29) is 12.3 Å². The summed E-state index contributed by atoms with van der Waals surface area (Å²) in [5, 5.41) is 5.63. The highest BCUT2D eigenvalue weighted by Gasteiger charge is 2.12. The summed E-state index contributed by atoms with van der Waals surface area (Å²) in [5.41, 5.74) is 3.39. The molecule has 6 nitrogen and oxygen atoms in total. The molecule has 146 valence electrons. The quantitative estimate of drug-likeness (QED) is 0.617. The molecule has 0 spiro atoms. The van der Waals surface area contributed by atoms with Crippen LogP contribution in [-0.2, 0) is 22.6 Å².